The zero-order valence-corrected chi connectivity index (χ0v) is 20.9. The predicted molar refractivity (Wildman–Crippen MR) is 138 cm³/mol. The van der Waals surface area contributed by atoms with Gasteiger partial charge in [0.25, 0.3) is 0 Å². The highest BCUT2D eigenvalue weighted by Crippen LogP contribution is 2.33. The van der Waals surface area contributed by atoms with Crippen LogP contribution in [0.15, 0.2) is 42.5 Å². The van der Waals surface area contributed by atoms with Gasteiger partial charge >= 0.3 is 11.9 Å². The number of piperazine rings is 1. The number of hydrogen-bond donors (Lipinski definition) is 2. The molecule has 0 spiro atoms. The van der Waals surface area contributed by atoms with Gasteiger partial charge in [0.2, 0.25) is 0 Å². The summed E-state index contributed by atoms with van der Waals surface area (Å²) >= 11 is 0. The largest absolute Gasteiger partial charge is 0.478 e. The summed E-state index contributed by atoms with van der Waals surface area (Å²) in [6, 6.07) is 9.76. The molecule has 1 atom stereocenters. The number of rotatable bonds is 4. The molecule has 2 heterocycles. The fraction of sp³-hybridized carbons (Fsp3) is 0.444. The van der Waals surface area contributed by atoms with E-state index in [-0.39, 0.29) is 11.3 Å². The molecule has 4 N–H and O–H groups in total. The summed E-state index contributed by atoms with van der Waals surface area (Å²) in [5.74, 6) is -1.60. The van der Waals surface area contributed by atoms with Crippen LogP contribution in [-0.2, 0) is 22.4 Å². The zero-order chi connectivity index (χ0) is 25.4. The van der Waals surface area contributed by atoms with Gasteiger partial charge < -0.3 is 25.5 Å². The summed E-state index contributed by atoms with van der Waals surface area (Å²) < 4.78 is 13.5. The summed E-state index contributed by atoms with van der Waals surface area (Å²) in [5, 5.41) is 15.6. The van der Waals surface area contributed by atoms with Crippen LogP contribution < -0.4 is 4.90 Å². The van der Waals surface area contributed by atoms with E-state index in [1.54, 1.807) is 12.1 Å². The number of hydrogen-bond acceptors (Lipinski definition) is 5. The number of aromatic nitrogens is 1. The van der Waals surface area contributed by atoms with E-state index in [0.717, 1.165) is 43.9 Å². The molecule has 1 saturated heterocycles. The highest BCUT2D eigenvalue weighted by atomic mass is 19.1. The highest BCUT2D eigenvalue weighted by molar-refractivity contribution is 5.89. The molecule has 0 saturated carbocycles. The molecular weight excluding hydrogens is 465 g/mol. The van der Waals surface area contributed by atoms with Crippen molar-refractivity contribution < 1.29 is 29.7 Å². The number of benzene rings is 1. The van der Waals surface area contributed by atoms with Crippen LogP contribution in [-0.4, -0.2) is 70.2 Å². The SMILES string of the molecule is CC1CN(c2cc(-c3ccc(F)cc3)c3c(n2)CCCCCC3)CCN1C.O.O=C(O)C=CC(=O)O. The smallest absolute Gasteiger partial charge is 0.328 e. The van der Waals surface area contributed by atoms with Crippen LogP contribution in [0, 0.1) is 5.82 Å². The van der Waals surface area contributed by atoms with Gasteiger partial charge in [0, 0.05) is 43.5 Å². The number of carboxylic acid groups (broad SMARTS) is 2. The van der Waals surface area contributed by atoms with Gasteiger partial charge in [-0.05, 0) is 74.5 Å². The number of fused-ring (bicyclic) bond motifs is 1. The molecule has 1 fully saturated rings. The van der Waals surface area contributed by atoms with Crippen LogP contribution >= 0.6 is 0 Å². The maximum absolute atomic E-state index is 13.5. The van der Waals surface area contributed by atoms with Gasteiger partial charge in [-0.25, -0.2) is 19.0 Å². The Kier molecular flexibility index (Phi) is 11.0. The van der Waals surface area contributed by atoms with Gasteiger partial charge in [0.15, 0.2) is 0 Å². The molecule has 1 unspecified atom stereocenters. The maximum Gasteiger partial charge on any atom is 0.328 e. The van der Waals surface area contributed by atoms with Crippen molar-refractivity contribution in [2.45, 2.75) is 51.5 Å². The van der Waals surface area contributed by atoms with E-state index in [4.69, 9.17) is 15.2 Å². The summed E-state index contributed by atoms with van der Waals surface area (Å²) in [6.07, 6.45) is 8.27. The third kappa shape index (κ3) is 8.13. The number of pyridine rings is 1. The average molecular weight is 502 g/mol. The third-order valence-corrected chi connectivity index (χ3v) is 6.59. The van der Waals surface area contributed by atoms with Crippen LogP contribution in [0.2, 0.25) is 0 Å². The molecule has 1 aromatic carbocycles. The van der Waals surface area contributed by atoms with E-state index in [1.165, 1.54) is 42.5 Å². The second-order valence-electron chi connectivity index (χ2n) is 9.16. The van der Waals surface area contributed by atoms with Crippen LogP contribution in [0.4, 0.5) is 10.2 Å². The van der Waals surface area contributed by atoms with Gasteiger partial charge in [-0.15, -0.1) is 0 Å². The van der Waals surface area contributed by atoms with Crippen molar-refractivity contribution in [3.05, 3.63) is 59.6 Å². The summed E-state index contributed by atoms with van der Waals surface area (Å²) in [4.78, 5) is 29.1. The molecule has 4 rings (SSSR count). The molecule has 2 aliphatic rings. The number of nitrogens with zero attached hydrogens (tertiary/aromatic N) is 3. The number of aryl methyl sites for hydroxylation is 1. The van der Waals surface area contributed by atoms with E-state index in [1.807, 2.05) is 12.1 Å². The molecule has 196 valence electrons. The topological polar surface area (TPSA) is 125 Å². The Balaban J connectivity index is 0.000000442. The molecular formula is C27H36FN3O5. The lowest BCUT2D eigenvalue weighted by Gasteiger charge is -2.38. The Morgan fingerprint density at radius 3 is 2.19 bits per heavy atom. The first-order chi connectivity index (χ1) is 16.7. The number of carbonyl (C=O) groups is 2. The fourth-order valence-corrected chi connectivity index (χ4v) is 4.49. The average Bonchev–Trinajstić information content (AvgIpc) is 2.80. The highest BCUT2D eigenvalue weighted by Gasteiger charge is 2.24. The second-order valence-corrected chi connectivity index (χ2v) is 9.16. The lowest BCUT2D eigenvalue weighted by atomic mass is 9.90. The van der Waals surface area contributed by atoms with Crippen molar-refractivity contribution >= 4 is 17.8 Å². The number of likely N-dealkylation sites (N-methyl/N-ethyl adjacent to an activating group) is 1. The fourth-order valence-electron chi connectivity index (χ4n) is 4.49. The van der Waals surface area contributed by atoms with E-state index < -0.39 is 11.9 Å². The van der Waals surface area contributed by atoms with Crippen molar-refractivity contribution in [1.29, 1.82) is 0 Å². The van der Waals surface area contributed by atoms with Gasteiger partial charge in [-0.1, -0.05) is 25.0 Å². The summed E-state index contributed by atoms with van der Waals surface area (Å²) in [5.41, 5.74) is 5.01. The molecule has 1 aromatic heterocycles. The Morgan fingerprint density at radius 2 is 1.61 bits per heavy atom. The van der Waals surface area contributed by atoms with Crippen molar-refractivity contribution in [2.24, 2.45) is 0 Å². The van der Waals surface area contributed by atoms with Gasteiger partial charge in [0.1, 0.15) is 11.6 Å². The first kappa shape index (κ1) is 28.9. The lowest BCUT2D eigenvalue weighted by Crippen LogP contribution is -2.50. The molecule has 8 nitrogen and oxygen atoms in total. The zero-order valence-electron chi connectivity index (χ0n) is 20.9. The van der Waals surface area contributed by atoms with Crippen molar-refractivity contribution in [3.8, 4) is 11.1 Å². The van der Waals surface area contributed by atoms with Crippen LogP contribution in [0.25, 0.3) is 11.1 Å². The molecule has 0 amide bonds. The van der Waals surface area contributed by atoms with E-state index >= 15 is 0 Å². The monoisotopic (exact) mass is 501 g/mol. The number of halogens is 1. The van der Waals surface area contributed by atoms with Crippen LogP contribution in [0.1, 0.15) is 43.9 Å². The van der Waals surface area contributed by atoms with Crippen LogP contribution in [0.3, 0.4) is 0 Å². The quantitative estimate of drug-likeness (QED) is 0.614. The Labute approximate surface area is 211 Å². The summed E-state index contributed by atoms with van der Waals surface area (Å²) in [7, 11) is 2.19. The van der Waals surface area contributed by atoms with Crippen molar-refractivity contribution in [1.82, 2.24) is 9.88 Å². The second kappa shape index (κ2) is 13.7. The predicted octanol–water partition coefficient (Wildman–Crippen LogP) is 3.57. The summed E-state index contributed by atoms with van der Waals surface area (Å²) in [6.45, 7) is 5.35. The lowest BCUT2D eigenvalue weighted by molar-refractivity contribution is -0.134. The minimum Gasteiger partial charge on any atom is -0.478 e. The first-order valence-corrected chi connectivity index (χ1v) is 12.1. The third-order valence-electron chi connectivity index (χ3n) is 6.59. The van der Waals surface area contributed by atoms with Crippen molar-refractivity contribution in [2.75, 3.05) is 31.6 Å². The maximum atomic E-state index is 13.5. The Morgan fingerprint density at radius 1 is 1.00 bits per heavy atom. The van der Waals surface area contributed by atoms with Gasteiger partial charge in [-0.2, -0.15) is 0 Å². The molecule has 1 aliphatic heterocycles. The first-order valence-electron chi connectivity index (χ1n) is 12.1. The van der Waals surface area contributed by atoms with Crippen molar-refractivity contribution in [3.63, 3.8) is 0 Å². The van der Waals surface area contributed by atoms with E-state index in [0.29, 0.717) is 18.2 Å². The van der Waals surface area contributed by atoms with E-state index in [2.05, 4.69) is 29.8 Å². The number of aliphatic carboxylic acids is 2. The molecule has 0 radical (unpaired) electrons. The molecule has 9 heteroatoms. The standard InChI is InChI=1S/C23H30FN3.C4H4O4.H2O/c1-17-16-27(14-13-26(17)2)23-15-21(18-9-11-19(24)12-10-18)20-7-5-3-4-6-8-22(20)25-23;5-3(6)1-2-4(7)8;/h9-12,15,17H,3-8,13-14,16H2,1-2H3;1-2H,(H,5,6)(H,7,8);1H2. The number of carboxylic acids is 2. The Bertz CT molecular complexity index is 1040. The van der Waals surface area contributed by atoms with Crippen LogP contribution in [0.5, 0.6) is 0 Å². The van der Waals surface area contributed by atoms with Gasteiger partial charge in [0.05, 0.1) is 0 Å². The normalized spacial score (nSPS) is 18.2. The molecule has 0 bridgehead atoms. The minimum atomic E-state index is -1.26. The van der Waals surface area contributed by atoms with E-state index in [9.17, 15) is 14.0 Å². The molecule has 2 aromatic rings. The van der Waals surface area contributed by atoms with Gasteiger partial charge in [-0.3, -0.25) is 0 Å². The molecule has 36 heavy (non-hydrogen) atoms. The molecule has 1 aliphatic carbocycles. The Hall–Kier alpha value is -3.30. The number of anilines is 1. The minimum absolute atomic E-state index is 0.